The number of nitrogens with one attached hydrogen (secondary N) is 1. The first kappa shape index (κ1) is 9.37. The van der Waals surface area contributed by atoms with Crippen LogP contribution in [0.1, 0.15) is 6.42 Å². The molecule has 2 nitrogen and oxygen atoms in total. The molecule has 2 rings (SSSR count). The van der Waals surface area contributed by atoms with E-state index in [-0.39, 0.29) is 0 Å². The van der Waals surface area contributed by atoms with E-state index < -0.39 is 10.1 Å². The van der Waals surface area contributed by atoms with E-state index in [2.05, 4.69) is 20.7 Å². The molecule has 0 atom stereocenters. The minimum Gasteiger partial charge on any atom is -0.267 e. The van der Waals surface area contributed by atoms with Crippen molar-refractivity contribution < 1.29 is 4.21 Å². The van der Waals surface area contributed by atoms with Crippen LogP contribution in [0.15, 0.2) is 33.6 Å². The highest BCUT2D eigenvalue weighted by molar-refractivity contribution is 9.10. The third-order valence-electron chi connectivity index (χ3n) is 2.26. The summed E-state index contributed by atoms with van der Waals surface area (Å²) in [5.41, 5.74) is 0. The Morgan fingerprint density at radius 1 is 1.31 bits per heavy atom. The molecule has 1 aliphatic rings. The van der Waals surface area contributed by atoms with Crippen molar-refractivity contribution in [1.29, 1.82) is 0 Å². The summed E-state index contributed by atoms with van der Waals surface area (Å²) in [6.45, 7) is 0.882. The number of benzene rings is 1. The lowest BCUT2D eigenvalue weighted by molar-refractivity contribution is 0.668. The number of thiol groups is 1. The average Bonchev–Trinajstić information content (AvgIpc) is 2.54. The van der Waals surface area contributed by atoms with Gasteiger partial charge in [0.2, 0.25) is 0 Å². The lowest BCUT2D eigenvalue weighted by Crippen LogP contribution is -2.25. The van der Waals surface area contributed by atoms with E-state index in [1.165, 1.54) is 0 Å². The molecule has 1 aromatic rings. The topological polar surface area (TPSA) is 29.1 Å². The fraction of sp³-hybridized carbons (Fsp3) is 0.333. The summed E-state index contributed by atoms with van der Waals surface area (Å²) in [7, 11) is -2.21. The Morgan fingerprint density at radius 3 is 2.54 bits per heavy atom. The maximum atomic E-state index is 12.2. The molecule has 0 bridgehead atoms. The Bertz CT molecular complexity index is 339. The highest BCUT2D eigenvalue weighted by atomic mass is 79.9. The standard InChI is InChI=1S/C9H12BrNOS/c10-8-2-4-9(5-3-8)13(12)7-1-6-11-13/h2-5,13H,1,6-7H2,(H,11,12). The third kappa shape index (κ3) is 1.85. The summed E-state index contributed by atoms with van der Waals surface area (Å²) in [4.78, 5) is 0.952. The molecule has 0 unspecified atom stereocenters. The average molecular weight is 262 g/mol. The van der Waals surface area contributed by atoms with Crippen LogP contribution in [0.25, 0.3) is 0 Å². The molecule has 0 spiro atoms. The first-order chi connectivity index (χ1) is 6.21. The summed E-state index contributed by atoms with van der Waals surface area (Å²) in [5, 5.41) is 0. The van der Waals surface area contributed by atoms with Crippen LogP contribution in [0.2, 0.25) is 0 Å². The van der Waals surface area contributed by atoms with Gasteiger partial charge < -0.3 is 0 Å². The van der Waals surface area contributed by atoms with Crippen LogP contribution in [0.4, 0.5) is 0 Å². The quantitative estimate of drug-likeness (QED) is 0.741. The van der Waals surface area contributed by atoms with Crippen molar-refractivity contribution in [2.24, 2.45) is 0 Å². The Hall–Kier alpha value is -0.190. The van der Waals surface area contributed by atoms with Crippen LogP contribution in [0.5, 0.6) is 0 Å². The fourth-order valence-corrected chi connectivity index (χ4v) is 4.16. The van der Waals surface area contributed by atoms with Gasteiger partial charge in [0.1, 0.15) is 0 Å². The van der Waals surface area contributed by atoms with Crippen LogP contribution in [-0.4, -0.2) is 16.5 Å². The van der Waals surface area contributed by atoms with Gasteiger partial charge in [-0.15, -0.1) is 0 Å². The Balaban J connectivity index is 2.35. The molecule has 1 N–H and O–H groups in total. The van der Waals surface area contributed by atoms with Crippen molar-refractivity contribution in [3.8, 4) is 0 Å². The minimum atomic E-state index is -2.21. The van der Waals surface area contributed by atoms with Crippen molar-refractivity contribution in [2.45, 2.75) is 11.3 Å². The van der Waals surface area contributed by atoms with Gasteiger partial charge in [-0.3, -0.25) is 8.93 Å². The SMILES string of the molecule is O=[SH]1(c2ccc(Br)cc2)CCCN1. The van der Waals surface area contributed by atoms with Gasteiger partial charge in [-0.25, -0.2) is 0 Å². The van der Waals surface area contributed by atoms with Gasteiger partial charge in [0, 0.05) is 21.7 Å². The Kier molecular flexibility index (Phi) is 2.53. The molecule has 0 amide bonds. The van der Waals surface area contributed by atoms with Crippen molar-refractivity contribution in [2.75, 3.05) is 12.3 Å². The van der Waals surface area contributed by atoms with Crippen molar-refractivity contribution in [3.05, 3.63) is 28.7 Å². The van der Waals surface area contributed by atoms with Gasteiger partial charge in [-0.2, -0.15) is 0 Å². The normalized spacial score (nSPS) is 22.8. The van der Waals surface area contributed by atoms with E-state index in [4.69, 9.17) is 0 Å². The zero-order valence-electron chi connectivity index (χ0n) is 7.16. The first-order valence-electron chi connectivity index (χ1n) is 4.31. The number of hydrogen-bond donors (Lipinski definition) is 2. The summed E-state index contributed by atoms with van der Waals surface area (Å²) in [6, 6.07) is 7.75. The van der Waals surface area contributed by atoms with Crippen molar-refractivity contribution >= 4 is 26.0 Å². The maximum absolute atomic E-state index is 12.2. The minimum absolute atomic E-state index is 0.800. The predicted octanol–water partition coefficient (Wildman–Crippen LogP) is 1.73. The van der Waals surface area contributed by atoms with Gasteiger partial charge in [0.25, 0.3) is 0 Å². The van der Waals surface area contributed by atoms with Crippen LogP contribution in [0.3, 0.4) is 0 Å². The number of rotatable bonds is 1. The molecular formula is C9H12BrNOS. The lowest BCUT2D eigenvalue weighted by atomic mass is 10.4. The van der Waals surface area contributed by atoms with Crippen LogP contribution in [-0.2, 0) is 10.1 Å². The predicted molar refractivity (Wildman–Crippen MR) is 59.4 cm³/mol. The van der Waals surface area contributed by atoms with E-state index in [0.717, 1.165) is 28.1 Å². The second-order valence-electron chi connectivity index (χ2n) is 3.20. The second kappa shape index (κ2) is 3.52. The summed E-state index contributed by atoms with van der Waals surface area (Å²) in [6.07, 6.45) is 1.02. The zero-order valence-corrected chi connectivity index (χ0v) is 9.64. The molecular weight excluding hydrogens is 250 g/mol. The molecule has 4 heteroatoms. The van der Waals surface area contributed by atoms with E-state index >= 15 is 0 Å². The molecule has 1 fully saturated rings. The maximum Gasteiger partial charge on any atom is 0.0271 e. The second-order valence-corrected chi connectivity index (χ2v) is 6.88. The third-order valence-corrected chi connectivity index (χ3v) is 5.60. The molecule has 13 heavy (non-hydrogen) atoms. The molecule has 1 aromatic carbocycles. The summed E-state index contributed by atoms with van der Waals surface area (Å²) >= 11 is 3.36. The van der Waals surface area contributed by atoms with Gasteiger partial charge in [-0.1, -0.05) is 15.9 Å². The molecule has 0 saturated carbocycles. The Labute approximate surface area is 87.4 Å². The molecule has 0 aromatic heterocycles. The monoisotopic (exact) mass is 261 g/mol. The number of halogens is 1. The van der Waals surface area contributed by atoms with Crippen LogP contribution >= 0.6 is 15.9 Å². The summed E-state index contributed by atoms with van der Waals surface area (Å²) < 4.78 is 16.3. The van der Waals surface area contributed by atoms with E-state index in [1.54, 1.807) is 0 Å². The molecule has 1 saturated heterocycles. The van der Waals surface area contributed by atoms with E-state index in [0.29, 0.717) is 0 Å². The molecule has 0 aliphatic carbocycles. The lowest BCUT2D eigenvalue weighted by Gasteiger charge is -2.17. The number of hydrogen-bond acceptors (Lipinski definition) is 1. The molecule has 0 radical (unpaired) electrons. The van der Waals surface area contributed by atoms with Crippen LogP contribution in [0, 0.1) is 0 Å². The smallest absolute Gasteiger partial charge is 0.0271 e. The van der Waals surface area contributed by atoms with Gasteiger partial charge in [0.15, 0.2) is 0 Å². The van der Waals surface area contributed by atoms with Crippen molar-refractivity contribution in [3.63, 3.8) is 0 Å². The van der Waals surface area contributed by atoms with Gasteiger partial charge in [-0.05, 0) is 40.8 Å². The highest BCUT2D eigenvalue weighted by Crippen LogP contribution is 2.22. The van der Waals surface area contributed by atoms with Gasteiger partial charge in [0.05, 0.1) is 0 Å². The fourth-order valence-electron chi connectivity index (χ4n) is 1.54. The Morgan fingerprint density at radius 2 is 2.00 bits per heavy atom. The largest absolute Gasteiger partial charge is 0.267 e. The van der Waals surface area contributed by atoms with E-state index in [9.17, 15) is 4.21 Å². The van der Waals surface area contributed by atoms with Crippen LogP contribution < -0.4 is 4.72 Å². The van der Waals surface area contributed by atoms with E-state index in [1.807, 2.05) is 24.3 Å². The summed E-state index contributed by atoms with van der Waals surface area (Å²) in [5.74, 6) is 0.800. The molecule has 1 aliphatic heterocycles. The molecule has 1 heterocycles. The zero-order chi connectivity index (χ0) is 9.31. The van der Waals surface area contributed by atoms with Crippen molar-refractivity contribution in [1.82, 2.24) is 4.72 Å². The molecule has 72 valence electrons. The first-order valence-corrected chi connectivity index (χ1v) is 6.99. The highest BCUT2D eigenvalue weighted by Gasteiger charge is 2.21. The van der Waals surface area contributed by atoms with Gasteiger partial charge >= 0.3 is 0 Å².